The molecule has 0 radical (unpaired) electrons. The largest absolute Gasteiger partial charge is 0.504 e. The number of carbonyl (C=O) groups is 1. The van der Waals surface area contributed by atoms with Gasteiger partial charge in [0.25, 0.3) is 0 Å². The quantitative estimate of drug-likeness (QED) is 0.650. The van der Waals surface area contributed by atoms with Crippen LogP contribution >= 0.6 is 0 Å². The van der Waals surface area contributed by atoms with Crippen molar-refractivity contribution in [3.63, 3.8) is 0 Å². The smallest absolute Gasteiger partial charge is 0.339 e. The van der Waals surface area contributed by atoms with Gasteiger partial charge < -0.3 is 20.1 Å². The maximum absolute atomic E-state index is 10.9. The molecule has 0 saturated heterocycles. The van der Waals surface area contributed by atoms with Gasteiger partial charge in [0.2, 0.25) is 5.75 Å². The van der Waals surface area contributed by atoms with Gasteiger partial charge in [-0.15, -0.1) is 0 Å². The second-order valence-corrected chi connectivity index (χ2v) is 4.78. The molecule has 0 saturated carbocycles. The van der Waals surface area contributed by atoms with E-state index >= 15 is 0 Å². The van der Waals surface area contributed by atoms with E-state index in [1.165, 1.54) is 6.07 Å². The van der Waals surface area contributed by atoms with Gasteiger partial charge in [0.15, 0.2) is 11.5 Å². The van der Waals surface area contributed by atoms with Crippen LogP contribution in [0.5, 0.6) is 17.2 Å². The molecule has 5 heteroatoms. The SMILES string of the molecule is CC1(C)CCc2cc(C(=O)O)c(O)c(O)c2O1. The number of aryl methyl sites for hydroxylation is 1. The number of rotatable bonds is 1. The van der Waals surface area contributed by atoms with Crippen molar-refractivity contribution in [1.29, 1.82) is 0 Å². The van der Waals surface area contributed by atoms with Crippen LogP contribution in [0.1, 0.15) is 36.2 Å². The highest BCUT2D eigenvalue weighted by atomic mass is 16.5. The van der Waals surface area contributed by atoms with E-state index in [0.717, 1.165) is 6.42 Å². The molecule has 5 nitrogen and oxygen atoms in total. The van der Waals surface area contributed by atoms with E-state index in [-0.39, 0.29) is 11.3 Å². The predicted molar refractivity (Wildman–Crippen MR) is 59.8 cm³/mol. The van der Waals surface area contributed by atoms with Crippen LogP contribution in [-0.2, 0) is 6.42 Å². The zero-order valence-electron chi connectivity index (χ0n) is 9.65. The van der Waals surface area contributed by atoms with Crippen LogP contribution < -0.4 is 4.74 Å². The van der Waals surface area contributed by atoms with E-state index in [2.05, 4.69) is 0 Å². The third kappa shape index (κ3) is 1.88. The third-order valence-corrected chi connectivity index (χ3v) is 2.91. The Hall–Kier alpha value is -1.91. The van der Waals surface area contributed by atoms with E-state index < -0.39 is 23.1 Å². The summed E-state index contributed by atoms with van der Waals surface area (Å²) in [6.45, 7) is 3.75. The van der Waals surface area contributed by atoms with Crippen LogP contribution in [0.4, 0.5) is 0 Å². The van der Waals surface area contributed by atoms with Gasteiger partial charge in [-0.1, -0.05) is 0 Å². The minimum absolute atomic E-state index is 0.184. The topological polar surface area (TPSA) is 87.0 Å². The lowest BCUT2D eigenvalue weighted by molar-refractivity contribution is 0.0688. The normalized spacial score (nSPS) is 17.1. The van der Waals surface area contributed by atoms with Crippen molar-refractivity contribution in [1.82, 2.24) is 0 Å². The second-order valence-electron chi connectivity index (χ2n) is 4.78. The van der Waals surface area contributed by atoms with Gasteiger partial charge in [0.05, 0.1) is 0 Å². The summed E-state index contributed by atoms with van der Waals surface area (Å²) in [4.78, 5) is 10.9. The van der Waals surface area contributed by atoms with E-state index in [9.17, 15) is 15.0 Å². The summed E-state index contributed by atoms with van der Waals surface area (Å²) in [5.74, 6) is -2.23. The molecule has 0 aromatic heterocycles. The first-order valence-corrected chi connectivity index (χ1v) is 5.32. The number of benzene rings is 1. The monoisotopic (exact) mass is 238 g/mol. The van der Waals surface area contributed by atoms with E-state index in [1.54, 1.807) is 0 Å². The molecule has 0 unspecified atom stereocenters. The third-order valence-electron chi connectivity index (χ3n) is 2.91. The van der Waals surface area contributed by atoms with E-state index in [4.69, 9.17) is 9.84 Å². The highest BCUT2D eigenvalue weighted by Crippen LogP contribution is 2.46. The van der Waals surface area contributed by atoms with Crippen molar-refractivity contribution in [2.24, 2.45) is 0 Å². The summed E-state index contributed by atoms with van der Waals surface area (Å²) in [7, 11) is 0. The molecule has 1 aromatic rings. The highest BCUT2D eigenvalue weighted by molar-refractivity contribution is 5.93. The lowest BCUT2D eigenvalue weighted by atomic mass is 9.92. The van der Waals surface area contributed by atoms with Crippen LogP contribution in [0, 0.1) is 0 Å². The maximum Gasteiger partial charge on any atom is 0.339 e. The number of ether oxygens (including phenoxy) is 1. The van der Waals surface area contributed by atoms with E-state index in [0.29, 0.717) is 12.0 Å². The zero-order chi connectivity index (χ0) is 12.8. The number of aromatic carboxylic acids is 1. The Morgan fingerprint density at radius 2 is 2.00 bits per heavy atom. The van der Waals surface area contributed by atoms with Crippen molar-refractivity contribution < 1.29 is 24.9 Å². The molecule has 0 bridgehead atoms. The number of phenolic OH excluding ortho intramolecular Hbond substituents is 1. The first-order valence-electron chi connectivity index (χ1n) is 5.32. The van der Waals surface area contributed by atoms with Crippen LogP contribution in [0.15, 0.2) is 6.07 Å². The second kappa shape index (κ2) is 3.55. The lowest BCUT2D eigenvalue weighted by Gasteiger charge is -2.33. The van der Waals surface area contributed by atoms with Gasteiger partial charge in [-0.3, -0.25) is 0 Å². The molecule has 0 amide bonds. The Balaban J connectivity index is 2.59. The Kier molecular flexibility index (Phi) is 2.41. The molecule has 0 fully saturated rings. The van der Waals surface area contributed by atoms with Crippen molar-refractivity contribution in [3.8, 4) is 17.2 Å². The van der Waals surface area contributed by atoms with Gasteiger partial charge in [-0.25, -0.2) is 4.79 Å². The van der Waals surface area contributed by atoms with Crippen LogP contribution in [-0.4, -0.2) is 26.9 Å². The van der Waals surface area contributed by atoms with Crippen LogP contribution in [0.3, 0.4) is 0 Å². The molecule has 0 atom stereocenters. The number of carboxylic acid groups (broad SMARTS) is 1. The molecular weight excluding hydrogens is 224 g/mol. The molecule has 92 valence electrons. The molecular formula is C12H14O5. The van der Waals surface area contributed by atoms with Crippen molar-refractivity contribution in [2.75, 3.05) is 0 Å². The predicted octanol–water partition coefficient (Wildman–Crippen LogP) is 1.90. The molecule has 0 spiro atoms. The van der Waals surface area contributed by atoms with Gasteiger partial charge in [0.1, 0.15) is 11.2 Å². The molecule has 1 aromatic carbocycles. The maximum atomic E-state index is 10.9. The minimum atomic E-state index is -1.27. The standard InChI is InChI=1S/C12H14O5/c1-12(2)4-3-6-5-7(11(15)16)8(13)9(14)10(6)17-12/h5,13-14H,3-4H2,1-2H3,(H,15,16). The summed E-state index contributed by atoms with van der Waals surface area (Å²) in [6, 6.07) is 1.35. The van der Waals surface area contributed by atoms with E-state index in [1.807, 2.05) is 13.8 Å². The van der Waals surface area contributed by atoms with Crippen LogP contribution in [0.25, 0.3) is 0 Å². The molecule has 0 aliphatic carbocycles. The molecule has 17 heavy (non-hydrogen) atoms. The Bertz CT molecular complexity index is 490. The van der Waals surface area contributed by atoms with Gasteiger partial charge >= 0.3 is 5.97 Å². The molecule has 1 heterocycles. The fraction of sp³-hybridized carbons (Fsp3) is 0.417. The van der Waals surface area contributed by atoms with Crippen molar-refractivity contribution in [3.05, 3.63) is 17.2 Å². The first kappa shape index (κ1) is 11.6. The molecule has 3 N–H and O–H groups in total. The Labute approximate surface area is 98.3 Å². The first-order chi connectivity index (χ1) is 7.82. The number of hydrogen-bond acceptors (Lipinski definition) is 4. The summed E-state index contributed by atoms with van der Waals surface area (Å²) in [5, 5.41) is 28.2. The molecule has 1 aliphatic rings. The minimum Gasteiger partial charge on any atom is -0.504 e. The zero-order valence-corrected chi connectivity index (χ0v) is 9.65. The number of carboxylic acids is 1. The molecule has 2 rings (SSSR count). The Morgan fingerprint density at radius 3 is 2.59 bits per heavy atom. The van der Waals surface area contributed by atoms with Gasteiger partial charge in [0, 0.05) is 0 Å². The van der Waals surface area contributed by atoms with Crippen LogP contribution in [0.2, 0.25) is 0 Å². The number of aromatic hydroxyl groups is 2. The summed E-state index contributed by atoms with van der Waals surface area (Å²) >= 11 is 0. The lowest BCUT2D eigenvalue weighted by Crippen LogP contribution is -2.32. The fourth-order valence-electron chi connectivity index (χ4n) is 1.92. The average molecular weight is 238 g/mol. The van der Waals surface area contributed by atoms with Gasteiger partial charge in [-0.05, 0) is 38.3 Å². The average Bonchev–Trinajstić information content (AvgIpc) is 2.23. The Morgan fingerprint density at radius 1 is 1.35 bits per heavy atom. The van der Waals surface area contributed by atoms with Gasteiger partial charge in [-0.2, -0.15) is 0 Å². The summed E-state index contributed by atoms with van der Waals surface area (Å²) in [6.07, 6.45) is 1.33. The highest BCUT2D eigenvalue weighted by Gasteiger charge is 2.31. The molecule has 1 aliphatic heterocycles. The number of phenols is 2. The fourth-order valence-corrected chi connectivity index (χ4v) is 1.92. The number of hydrogen-bond donors (Lipinski definition) is 3. The summed E-state index contributed by atoms with van der Waals surface area (Å²) in [5.41, 5.74) is -0.122. The van der Waals surface area contributed by atoms with Crippen molar-refractivity contribution in [2.45, 2.75) is 32.3 Å². The van der Waals surface area contributed by atoms with Crippen molar-refractivity contribution >= 4 is 5.97 Å². The number of fused-ring (bicyclic) bond motifs is 1. The summed E-state index contributed by atoms with van der Waals surface area (Å²) < 4.78 is 5.56.